The van der Waals surface area contributed by atoms with Gasteiger partial charge in [-0.3, -0.25) is 9.59 Å². The molecular weight excluding hydrogens is 211 g/mol. The molecule has 0 aliphatic heterocycles. The summed E-state index contributed by atoms with van der Waals surface area (Å²) in [5, 5.41) is 0. The van der Waals surface area contributed by atoms with E-state index in [0.29, 0.717) is 11.8 Å². The van der Waals surface area contributed by atoms with Crippen LogP contribution in [0.1, 0.15) is 22.3 Å². The molecule has 0 saturated heterocycles. The number of carbonyl (C=O) groups excluding carboxylic acids is 2. The molecule has 0 unspecified atom stereocenters. The van der Waals surface area contributed by atoms with Gasteiger partial charge in [0.15, 0.2) is 6.29 Å². The van der Waals surface area contributed by atoms with Gasteiger partial charge in [0.25, 0.3) is 0 Å². The fourth-order valence-electron chi connectivity index (χ4n) is 1.19. The van der Waals surface area contributed by atoms with Crippen molar-refractivity contribution < 1.29 is 18.7 Å². The molecule has 0 radical (unpaired) electrons. The molecule has 0 heterocycles. The van der Waals surface area contributed by atoms with Crippen LogP contribution in [0.2, 0.25) is 0 Å². The predicted octanol–water partition coefficient (Wildman–Crippen LogP) is 2.21. The van der Waals surface area contributed by atoms with Crippen LogP contribution in [0, 0.1) is 5.82 Å². The monoisotopic (exact) mass is 222 g/mol. The van der Waals surface area contributed by atoms with Gasteiger partial charge in [0, 0.05) is 0 Å². The maximum atomic E-state index is 13.1. The molecule has 0 aromatic heterocycles. The van der Waals surface area contributed by atoms with Gasteiger partial charge in [-0.2, -0.15) is 0 Å². The summed E-state index contributed by atoms with van der Waals surface area (Å²) < 4.78 is 17.6. The lowest BCUT2D eigenvalue weighted by atomic mass is 10.1. The van der Waals surface area contributed by atoms with Crippen LogP contribution in [0.4, 0.5) is 4.39 Å². The normalized spacial score (nSPS) is 10.4. The Hall–Kier alpha value is -1.97. The van der Waals surface area contributed by atoms with E-state index >= 15 is 0 Å². The van der Waals surface area contributed by atoms with E-state index in [-0.39, 0.29) is 18.0 Å². The molecule has 3 nitrogen and oxygen atoms in total. The van der Waals surface area contributed by atoms with Crippen LogP contribution in [-0.2, 0) is 9.53 Å². The lowest BCUT2D eigenvalue weighted by Crippen LogP contribution is -1.97. The minimum Gasteiger partial charge on any atom is -0.469 e. The third-order valence-electron chi connectivity index (χ3n) is 2.01. The number of aldehydes is 1. The number of carbonyl (C=O) groups is 2. The highest BCUT2D eigenvalue weighted by molar-refractivity contribution is 5.82. The van der Waals surface area contributed by atoms with Gasteiger partial charge in [-0.25, -0.2) is 4.39 Å². The van der Waals surface area contributed by atoms with Gasteiger partial charge < -0.3 is 4.74 Å². The zero-order valence-corrected chi connectivity index (χ0v) is 8.77. The summed E-state index contributed by atoms with van der Waals surface area (Å²) in [6, 6.07) is 4.31. The van der Waals surface area contributed by atoms with E-state index in [0.717, 1.165) is 0 Å². The highest BCUT2D eigenvalue weighted by atomic mass is 19.1. The molecule has 16 heavy (non-hydrogen) atoms. The summed E-state index contributed by atoms with van der Waals surface area (Å²) >= 11 is 0. The Morgan fingerprint density at radius 2 is 2.25 bits per heavy atom. The Kier molecular flexibility index (Phi) is 4.39. The van der Waals surface area contributed by atoms with Gasteiger partial charge in [0.2, 0.25) is 0 Å². The van der Waals surface area contributed by atoms with E-state index in [2.05, 4.69) is 4.74 Å². The largest absolute Gasteiger partial charge is 0.469 e. The molecule has 1 rings (SSSR count). The number of ether oxygens (including phenoxy) is 1. The van der Waals surface area contributed by atoms with Gasteiger partial charge in [-0.05, 0) is 11.6 Å². The molecule has 0 saturated carbocycles. The maximum absolute atomic E-state index is 13.1. The third kappa shape index (κ3) is 3.02. The summed E-state index contributed by atoms with van der Waals surface area (Å²) in [5.74, 6) is -0.962. The molecule has 0 spiro atoms. The van der Waals surface area contributed by atoms with Crippen molar-refractivity contribution in [1.82, 2.24) is 0 Å². The van der Waals surface area contributed by atoms with Crippen LogP contribution in [0.15, 0.2) is 24.3 Å². The number of esters is 1. The van der Waals surface area contributed by atoms with Gasteiger partial charge in [-0.15, -0.1) is 0 Å². The summed E-state index contributed by atoms with van der Waals surface area (Å²) in [5.41, 5.74) is 0.433. The van der Waals surface area contributed by atoms with Crippen LogP contribution < -0.4 is 0 Å². The second-order valence-electron chi connectivity index (χ2n) is 3.04. The third-order valence-corrected chi connectivity index (χ3v) is 2.01. The van der Waals surface area contributed by atoms with Crippen LogP contribution >= 0.6 is 0 Å². The average Bonchev–Trinajstić information content (AvgIpc) is 2.29. The molecule has 0 amide bonds. The smallest absolute Gasteiger partial charge is 0.309 e. The highest BCUT2D eigenvalue weighted by Crippen LogP contribution is 2.13. The highest BCUT2D eigenvalue weighted by Gasteiger charge is 2.04. The number of hydrogen-bond donors (Lipinski definition) is 0. The second kappa shape index (κ2) is 5.80. The Morgan fingerprint density at radius 1 is 1.50 bits per heavy atom. The van der Waals surface area contributed by atoms with E-state index in [4.69, 9.17) is 0 Å². The fraction of sp³-hybridized carbons (Fsp3) is 0.167. The van der Waals surface area contributed by atoms with E-state index in [1.165, 1.54) is 31.4 Å². The molecular formula is C12H11FO3. The second-order valence-corrected chi connectivity index (χ2v) is 3.04. The van der Waals surface area contributed by atoms with E-state index in [9.17, 15) is 14.0 Å². The molecule has 0 N–H and O–H groups in total. The van der Waals surface area contributed by atoms with Gasteiger partial charge in [-0.1, -0.05) is 24.3 Å². The van der Waals surface area contributed by atoms with Crippen molar-refractivity contribution in [3.05, 3.63) is 41.2 Å². The van der Waals surface area contributed by atoms with Crippen molar-refractivity contribution in [2.45, 2.75) is 6.42 Å². The van der Waals surface area contributed by atoms with Crippen molar-refractivity contribution in [2.24, 2.45) is 0 Å². The zero-order valence-electron chi connectivity index (χ0n) is 8.77. The van der Waals surface area contributed by atoms with Crippen molar-refractivity contribution in [3.8, 4) is 0 Å². The predicted molar refractivity (Wildman–Crippen MR) is 57.5 cm³/mol. The number of benzene rings is 1. The first-order valence-corrected chi connectivity index (χ1v) is 4.66. The quantitative estimate of drug-likeness (QED) is 0.579. The summed E-state index contributed by atoms with van der Waals surface area (Å²) in [4.78, 5) is 21.4. The number of methoxy groups -OCH3 is 1. The average molecular weight is 222 g/mol. The van der Waals surface area contributed by atoms with E-state index < -0.39 is 5.82 Å². The SMILES string of the molecule is COC(=O)CC=Cc1cccc(F)c1C=O. The van der Waals surface area contributed by atoms with Crippen molar-refractivity contribution in [2.75, 3.05) is 7.11 Å². The number of rotatable bonds is 4. The molecule has 0 atom stereocenters. The van der Waals surface area contributed by atoms with Crippen molar-refractivity contribution in [3.63, 3.8) is 0 Å². The van der Waals surface area contributed by atoms with Gasteiger partial charge >= 0.3 is 5.97 Å². The Morgan fingerprint density at radius 3 is 2.88 bits per heavy atom. The lowest BCUT2D eigenvalue weighted by Gasteiger charge is -1.99. The topological polar surface area (TPSA) is 43.4 Å². The van der Waals surface area contributed by atoms with Crippen LogP contribution in [0.3, 0.4) is 0 Å². The van der Waals surface area contributed by atoms with Crippen molar-refractivity contribution in [1.29, 1.82) is 0 Å². The van der Waals surface area contributed by atoms with Crippen LogP contribution in [-0.4, -0.2) is 19.4 Å². The van der Waals surface area contributed by atoms with E-state index in [1.807, 2.05) is 0 Å². The Labute approximate surface area is 92.5 Å². The van der Waals surface area contributed by atoms with Crippen molar-refractivity contribution >= 4 is 18.3 Å². The number of hydrogen-bond acceptors (Lipinski definition) is 3. The standard InChI is InChI=1S/C12H11FO3/c1-16-12(15)7-3-5-9-4-2-6-11(13)10(9)8-14/h2-6,8H,7H2,1H3. The Balaban J connectivity index is 2.84. The van der Waals surface area contributed by atoms with Gasteiger partial charge in [0.1, 0.15) is 5.82 Å². The minimum atomic E-state index is -0.574. The fourth-order valence-corrected chi connectivity index (χ4v) is 1.19. The first-order valence-electron chi connectivity index (χ1n) is 4.66. The zero-order chi connectivity index (χ0) is 12.0. The minimum absolute atomic E-state index is 0.0105. The molecule has 1 aromatic carbocycles. The molecule has 0 bridgehead atoms. The molecule has 0 aliphatic rings. The first kappa shape index (κ1) is 12.1. The van der Waals surface area contributed by atoms with Gasteiger partial charge in [0.05, 0.1) is 19.1 Å². The van der Waals surface area contributed by atoms with E-state index in [1.54, 1.807) is 6.07 Å². The summed E-state index contributed by atoms with van der Waals surface area (Å²) in [7, 11) is 1.29. The van der Waals surface area contributed by atoms with Crippen LogP contribution in [0.25, 0.3) is 6.08 Å². The maximum Gasteiger partial charge on any atom is 0.309 e. The molecule has 4 heteroatoms. The molecule has 0 fully saturated rings. The first-order chi connectivity index (χ1) is 7.69. The number of halogens is 1. The molecule has 0 aliphatic carbocycles. The lowest BCUT2D eigenvalue weighted by molar-refractivity contribution is -0.139. The molecule has 84 valence electrons. The molecule has 1 aromatic rings. The Bertz CT molecular complexity index is 424. The summed E-state index contributed by atoms with van der Waals surface area (Å²) in [6.45, 7) is 0. The summed E-state index contributed by atoms with van der Waals surface area (Å²) in [6.07, 6.45) is 3.58. The van der Waals surface area contributed by atoms with Crippen LogP contribution in [0.5, 0.6) is 0 Å².